The Morgan fingerprint density at radius 3 is 2.11 bits per heavy atom. The molecule has 1 amide bonds. The third-order valence-electron chi connectivity index (χ3n) is 7.67. The zero-order valence-electron chi connectivity index (χ0n) is 20.1. The first kappa shape index (κ1) is 24.3. The predicted molar refractivity (Wildman–Crippen MR) is 130 cm³/mol. The third-order valence-corrected chi connectivity index (χ3v) is 7.67. The van der Waals surface area contributed by atoms with Crippen molar-refractivity contribution in [3.8, 4) is 0 Å². The van der Waals surface area contributed by atoms with Crippen molar-refractivity contribution in [1.29, 1.82) is 0 Å². The number of amides is 1. The fourth-order valence-electron chi connectivity index (χ4n) is 5.61. The van der Waals surface area contributed by atoms with E-state index in [-0.39, 0.29) is 11.6 Å². The summed E-state index contributed by atoms with van der Waals surface area (Å²) in [6.07, 6.45) is -2.93. The van der Waals surface area contributed by atoms with Crippen molar-refractivity contribution in [3.63, 3.8) is 0 Å². The van der Waals surface area contributed by atoms with Crippen LogP contribution in [0.4, 0.5) is 13.2 Å². The molecule has 1 spiro atoms. The molecule has 8 heteroatoms. The number of fused-ring (bicyclic) bond motifs is 2. The summed E-state index contributed by atoms with van der Waals surface area (Å²) < 4.78 is 40.9. The smallest absolute Gasteiger partial charge is 0.339 e. The van der Waals surface area contributed by atoms with Gasteiger partial charge in [-0.15, -0.1) is 0 Å². The van der Waals surface area contributed by atoms with Crippen LogP contribution < -0.4 is 0 Å². The number of benzene rings is 2. The van der Waals surface area contributed by atoms with E-state index in [0.717, 1.165) is 17.7 Å². The van der Waals surface area contributed by atoms with E-state index in [1.807, 2.05) is 54.4 Å². The Hall–Kier alpha value is -3.39. The van der Waals surface area contributed by atoms with Gasteiger partial charge in [0.15, 0.2) is 0 Å². The highest BCUT2D eigenvalue weighted by Crippen LogP contribution is 2.42. The van der Waals surface area contributed by atoms with Gasteiger partial charge in [0.05, 0.1) is 11.2 Å². The van der Waals surface area contributed by atoms with Crippen LogP contribution in [0.1, 0.15) is 50.5 Å². The van der Waals surface area contributed by atoms with Crippen LogP contribution in [-0.2, 0) is 18.5 Å². The minimum atomic E-state index is -4.90. The van der Waals surface area contributed by atoms with E-state index < -0.39 is 17.5 Å². The summed E-state index contributed by atoms with van der Waals surface area (Å²) in [5.74, 6) is -1.85. The van der Waals surface area contributed by atoms with Gasteiger partial charge in [-0.05, 0) is 61.7 Å². The first-order chi connectivity index (χ1) is 17.2. The molecule has 36 heavy (non-hydrogen) atoms. The van der Waals surface area contributed by atoms with Gasteiger partial charge in [-0.25, -0.2) is 0 Å². The zero-order valence-corrected chi connectivity index (χ0v) is 20.1. The summed E-state index contributed by atoms with van der Waals surface area (Å²) in [6, 6.07) is 20.8. The molecule has 2 aliphatic heterocycles. The first-order valence-corrected chi connectivity index (χ1v) is 12.1. The van der Waals surface area contributed by atoms with Crippen molar-refractivity contribution in [1.82, 2.24) is 14.4 Å². The molecule has 5 nitrogen and oxygen atoms in total. The van der Waals surface area contributed by atoms with Crippen molar-refractivity contribution in [3.05, 3.63) is 94.8 Å². The van der Waals surface area contributed by atoms with E-state index >= 15 is 0 Å². The average Bonchev–Trinajstić information content (AvgIpc) is 3.31. The monoisotopic (exact) mass is 495 g/mol. The molecule has 3 heterocycles. The van der Waals surface area contributed by atoms with Gasteiger partial charge in [-0.3, -0.25) is 14.5 Å². The van der Waals surface area contributed by atoms with Crippen LogP contribution in [0.5, 0.6) is 0 Å². The van der Waals surface area contributed by atoms with Gasteiger partial charge in [-0.2, -0.15) is 13.2 Å². The molecule has 0 bridgehead atoms. The Kier molecular flexibility index (Phi) is 6.24. The Bertz CT molecular complexity index is 1260. The second kappa shape index (κ2) is 9.24. The number of hydrogen-bond donors (Lipinski definition) is 0. The van der Waals surface area contributed by atoms with Crippen molar-refractivity contribution in [2.75, 3.05) is 26.7 Å². The van der Waals surface area contributed by atoms with Crippen LogP contribution in [0.2, 0.25) is 0 Å². The van der Waals surface area contributed by atoms with Crippen LogP contribution in [0, 0.1) is 0 Å². The number of carbonyl (C=O) groups excluding carboxylic acids is 2. The third kappa shape index (κ3) is 4.34. The Morgan fingerprint density at radius 2 is 1.47 bits per heavy atom. The molecule has 188 valence electrons. The SMILES string of the molecule is CN1CCn2c(C(=O)C(F)(F)F)ccc2C12CCN(C(=O)c1ccc(Cc3ccccc3)cc1)CC2. The molecule has 0 radical (unpaired) electrons. The molecule has 2 aromatic carbocycles. The number of carbonyl (C=O) groups is 2. The van der Waals surface area contributed by atoms with Gasteiger partial charge in [0.1, 0.15) is 0 Å². The second-order valence-electron chi connectivity index (χ2n) is 9.69. The maximum absolute atomic E-state index is 13.2. The van der Waals surface area contributed by atoms with Crippen LogP contribution in [0.25, 0.3) is 0 Å². The van der Waals surface area contributed by atoms with Gasteiger partial charge in [0.2, 0.25) is 0 Å². The minimum Gasteiger partial charge on any atom is -0.339 e. The van der Waals surface area contributed by atoms with Gasteiger partial charge < -0.3 is 9.47 Å². The van der Waals surface area contributed by atoms with Crippen molar-refractivity contribution in [2.45, 2.75) is 37.5 Å². The first-order valence-electron chi connectivity index (χ1n) is 12.1. The summed E-state index contributed by atoms with van der Waals surface area (Å²) in [7, 11) is 1.96. The molecular weight excluding hydrogens is 467 g/mol. The number of ketones is 1. The normalized spacial score (nSPS) is 17.7. The number of likely N-dealkylation sites (N-methyl/N-ethyl adjacent to an activating group) is 1. The van der Waals surface area contributed by atoms with E-state index in [9.17, 15) is 22.8 Å². The van der Waals surface area contributed by atoms with E-state index in [1.54, 1.807) is 6.07 Å². The summed E-state index contributed by atoms with van der Waals surface area (Å²) >= 11 is 0. The summed E-state index contributed by atoms with van der Waals surface area (Å²) in [5, 5.41) is 0. The van der Waals surface area contributed by atoms with E-state index in [2.05, 4.69) is 17.0 Å². The lowest BCUT2D eigenvalue weighted by Crippen LogP contribution is -2.56. The molecule has 1 aromatic heterocycles. The van der Waals surface area contributed by atoms with Crippen molar-refractivity contribution >= 4 is 11.7 Å². The summed E-state index contributed by atoms with van der Waals surface area (Å²) in [4.78, 5) is 29.1. The lowest BCUT2D eigenvalue weighted by Gasteiger charge is -2.50. The van der Waals surface area contributed by atoms with Crippen LogP contribution in [0.15, 0.2) is 66.7 Å². The molecule has 5 rings (SSSR count). The number of likely N-dealkylation sites (tertiary alicyclic amines) is 1. The number of hydrogen-bond acceptors (Lipinski definition) is 3. The van der Waals surface area contributed by atoms with Gasteiger partial charge in [0.25, 0.3) is 11.7 Å². The molecule has 3 aromatic rings. The molecule has 0 N–H and O–H groups in total. The average molecular weight is 496 g/mol. The maximum Gasteiger partial charge on any atom is 0.456 e. The van der Waals surface area contributed by atoms with Gasteiger partial charge >= 0.3 is 6.18 Å². The highest BCUT2D eigenvalue weighted by atomic mass is 19.4. The van der Waals surface area contributed by atoms with Crippen LogP contribution in [-0.4, -0.2) is 58.9 Å². The fourth-order valence-corrected chi connectivity index (χ4v) is 5.61. The summed E-state index contributed by atoms with van der Waals surface area (Å²) in [5.41, 5.74) is 2.88. The Balaban J connectivity index is 1.29. The van der Waals surface area contributed by atoms with Crippen molar-refractivity contribution in [2.24, 2.45) is 0 Å². The summed E-state index contributed by atoms with van der Waals surface area (Å²) in [6.45, 7) is 1.84. The van der Waals surface area contributed by atoms with E-state index in [1.165, 1.54) is 16.2 Å². The number of rotatable bonds is 4. The molecule has 1 fully saturated rings. The van der Waals surface area contributed by atoms with E-state index in [4.69, 9.17) is 0 Å². The quantitative estimate of drug-likeness (QED) is 0.484. The molecule has 0 aliphatic carbocycles. The number of Topliss-reactive ketones (excluding diaryl/α,β-unsaturated/α-hetero) is 1. The molecule has 0 saturated carbocycles. The van der Waals surface area contributed by atoms with Crippen molar-refractivity contribution < 1.29 is 22.8 Å². The second-order valence-corrected chi connectivity index (χ2v) is 9.69. The van der Waals surface area contributed by atoms with E-state index in [0.29, 0.717) is 44.6 Å². The predicted octanol–water partition coefficient (Wildman–Crippen LogP) is 4.90. The number of aromatic nitrogens is 1. The van der Waals surface area contributed by atoms with Gasteiger partial charge in [-0.1, -0.05) is 42.5 Å². The standard InChI is InChI=1S/C28H28F3N3O2/c1-32-17-18-34-23(25(35)28(29,30)31)11-12-24(34)27(32)13-15-33(16-14-27)26(36)22-9-7-21(8-10-22)19-20-5-3-2-4-6-20/h2-12H,13-19H2,1H3. The van der Waals surface area contributed by atoms with Gasteiger partial charge in [0, 0.05) is 37.4 Å². The number of alkyl halides is 3. The highest BCUT2D eigenvalue weighted by molar-refractivity contribution is 5.99. The lowest BCUT2D eigenvalue weighted by molar-refractivity contribution is -0.0892. The molecular formula is C28H28F3N3O2. The lowest BCUT2D eigenvalue weighted by atomic mass is 9.81. The van der Waals surface area contributed by atoms with Crippen LogP contribution in [0.3, 0.4) is 0 Å². The Labute approximate surface area is 208 Å². The topological polar surface area (TPSA) is 45.6 Å². The largest absolute Gasteiger partial charge is 0.456 e. The van der Waals surface area contributed by atoms with Crippen LogP contribution >= 0.6 is 0 Å². The molecule has 2 aliphatic rings. The Morgan fingerprint density at radius 1 is 0.833 bits per heavy atom. The number of piperidine rings is 1. The fraction of sp³-hybridized carbons (Fsp3) is 0.357. The number of halogens is 3. The maximum atomic E-state index is 13.2. The molecule has 1 saturated heterocycles. The zero-order chi connectivity index (χ0) is 25.5. The molecule has 0 unspecified atom stereocenters. The molecule has 0 atom stereocenters. The number of nitrogens with zero attached hydrogens (tertiary/aromatic N) is 3. The minimum absolute atomic E-state index is 0.0436. The highest BCUT2D eigenvalue weighted by Gasteiger charge is 2.47.